The molecule has 0 spiro atoms. The maximum absolute atomic E-state index is 13.2. The molecule has 0 bridgehead atoms. The van der Waals surface area contributed by atoms with Crippen molar-refractivity contribution in [3.63, 3.8) is 0 Å². The Hall–Kier alpha value is -3.17. The number of nitrogens with two attached hydrogens (primary N) is 1. The Morgan fingerprint density at radius 3 is 2.21 bits per heavy atom. The molecule has 4 rings (SSSR count). The first-order valence-electron chi connectivity index (χ1n) is 9.66. The fourth-order valence-electron chi connectivity index (χ4n) is 3.26. The van der Waals surface area contributed by atoms with Gasteiger partial charge in [0.15, 0.2) is 5.69 Å². The van der Waals surface area contributed by atoms with Crippen LogP contribution in [0, 0.1) is 0 Å². The maximum atomic E-state index is 13.2. The lowest BCUT2D eigenvalue weighted by Crippen LogP contribution is -2.26. The van der Waals surface area contributed by atoms with Gasteiger partial charge in [-0.15, -0.1) is 0 Å². The van der Waals surface area contributed by atoms with Crippen LogP contribution in [0.1, 0.15) is 10.5 Å². The highest BCUT2D eigenvalue weighted by molar-refractivity contribution is 7.89. The summed E-state index contributed by atoms with van der Waals surface area (Å²) in [7, 11) is -2.20. The molecule has 168 valence electrons. The quantitative estimate of drug-likeness (QED) is 0.426. The number of carbonyl (C=O) groups excluding carboxylic acids is 1. The SMILES string of the molecule is CN(C(=O)c1cc(-c2ccc(Cl)cc2)n(-c2ccc(S(N)(=O)=O)cc2)n1)c1cccc(Cl)c1. The zero-order valence-corrected chi connectivity index (χ0v) is 19.6. The molecule has 4 aromatic rings. The number of rotatable bonds is 5. The largest absolute Gasteiger partial charge is 0.310 e. The second kappa shape index (κ2) is 8.99. The number of primary sulfonamides is 1. The van der Waals surface area contributed by atoms with Crippen LogP contribution in [0.15, 0.2) is 83.8 Å². The fourth-order valence-corrected chi connectivity index (χ4v) is 4.09. The molecule has 0 fully saturated rings. The minimum absolute atomic E-state index is 0.0246. The summed E-state index contributed by atoms with van der Waals surface area (Å²) in [5.41, 5.74) is 2.76. The topological polar surface area (TPSA) is 98.3 Å². The zero-order valence-electron chi connectivity index (χ0n) is 17.3. The van der Waals surface area contributed by atoms with E-state index in [1.165, 1.54) is 17.0 Å². The number of sulfonamides is 1. The van der Waals surface area contributed by atoms with Gasteiger partial charge in [-0.25, -0.2) is 18.2 Å². The van der Waals surface area contributed by atoms with Crippen LogP contribution in [0.25, 0.3) is 16.9 Å². The van der Waals surface area contributed by atoms with E-state index < -0.39 is 10.0 Å². The van der Waals surface area contributed by atoms with Crippen molar-refractivity contribution in [2.24, 2.45) is 5.14 Å². The molecule has 3 aromatic carbocycles. The summed E-state index contributed by atoms with van der Waals surface area (Å²) >= 11 is 12.1. The third-order valence-electron chi connectivity index (χ3n) is 4.98. The Labute approximate surface area is 201 Å². The van der Waals surface area contributed by atoms with Gasteiger partial charge >= 0.3 is 0 Å². The third-order valence-corrected chi connectivity index (χ3v) is 6.39. The summed E-state index contributed by atoms with van der Waals surface area (Å²) < 4.78 is 24.8. The van der Waals surface area contributed by atoms with Crippen molar-refractivity contribution >= 4 is 44.8 Å². The molecule has 2 N–H and O–H groups in total. The molecule has 33 heavy (non-hydrogen) atoms. The number of halogens is 2. The van der Waals surface area contributed by atoms with Crippen molar-refractivity contribution in [1.29, 1.82) is 0 Å². The highest BCUT2D eigenvalue weighted by atomic mass is 35.5. The Kier molecular flexibility index (Phi) is 6.27. The third kappa shape index (κ3) is 4.94. The molecule has 7 nitrogen and oxygen atoms in total. The van der Waals surface area contributed by atoms with Crippen molar-refractivity contribution in [3.05, 3.63) is 94.6 Å². The van der Waals surface area contributed by atoms with Gasteiger partial charge < -0.3 is 4.90 Å². The average Bonchev–Trinajstić information content (AvgIpc) is 3.23. The normalized spacial score (nSPS) is 11.4. The van der Waals surface area contributed by atoms with Gasteiger partial charge in [0.05, 0.1) is 16.3 Å². The number of hydrogen-bond acceptors (Lipinski definition) is 4. The molecule has 1 aromatic heterocycles. The van der Waals surface area contributed by atoms with E-state index >= 15 is 0 Å². The van der Waals surface area contributed by atoms with Gasteiger partial charge in [0.25, 0.3) is 5.91 Å². The van der Waals surface area contributed by atoms with Crippen molar-refractivity contribution in [1.82, 2.24) is 9.78 Å². The molecule has 0 aliphatic rings. The first-order chi connectivity index (χ1) is 15.6. The van der Waals surface area contributed by atoms with E-state index in [-0.39, 0.29) is 16.5 Å². The molecule has 0 saturated carbocycles. The monoisotopic (exact) mass is 500 g/mol. The van der Waals surface area contributed by atoms with Crippen molar-refractivity contribution in [3.8, 4) is 16.9 Å². The van der Waals surface area contributed by atoms with Crippen molar-refractivity contribution in [2.75, 3.05) is 11.9 Å². The van der Waals surface area contributed by atoms with Gasteiger partial charge in [-0.1, -0.05) is 41.4 Å². The minimum Gasteiger partial charge on any atom is -0.310 e. The molecule has 0 unspecified atom stereocenters. The van der Waals surface area contributed by atoms with Gasteiger partial charge in [0.2, 0.25) is 10.0 Å². The summed E-state index contributed by atoms with van der Waals surface area (Å²) in [4.78, 5) is 14.6. The Morgan fingerprint density at radius 2 is 1.61 bits per heavy atom. The maximum Gasteiger partial charge on any atom is 0.278 e. The van der Waals surface area contributed by atoms with Gasteiger partial charge in [-0.3, -0.25) is 4.79 Å². The molecular formula is C23H18Cl2N4O3S. The highest BCUT2D eigenvalue weighted by Crippen LogP contribution is 2.27. The number of amides is 1. The summed E-state index contributed by atoms with van der Waals surface area (Å²) in [6, 6.07) is 21.6. The van der Waals surface area contributed by atoms with Crippen LogP contribution in [0.2, 0.25) is 10.0 Å². The van der Waals surface area contributed by atoms with Crippen LogP contribution >= 0.6 is 23.2 Å². The summed E-state index contributed by atoms with van der Waals surface area (Å²) in [6.07, 6.45) is 0. The van der Waals surface area contributed by atoms with Crippen LogP contribution in [0.4, 0.5) is 5.69 Å². The number of benzene rings is 3. The van der Waals surface area contributed by atoms with E-state index in [0.717, 1.165) is 5.56 Å². The van der Waals surface area contributed by atoms with Crippen LogP contribution in [-0.2, 0) is 10.0 Å². The van der Waals surface area contributed by atoms with E-state index in [1.807, 2.05) is 12.1 Å². The van der Waals surface area contributed by atoms with Gasteiger partial charge in [0.1, 0.15) is 0 Å². The van der Waals surface area contributed by atoms with Crippen molar-refractivity contribution < 1.29 is 13.2 Å². The second-order valence-electron chi connectivity index (χ2n) is 7.22. The predicted octanol–water partition coefficient (Wildman–Crippen LogP) is 4.77. The van der Waals surface area contributed by atoms with Gasteiger partial charge in [-0.2, -0.15) is 5.10 Å². The molecule has 10 heteroatoms. The Morgan fingerprint density at radius 1 is 0.939 bits per heavy atom. The lowest BCUT2D eigenvalue weighted by atomic mass is 10.1. The number of carbonyl (C=O) groups is 1. The lowest BCUT2D eigenvalue weighted by Gasteiger charge is -2.16. The smallest absolute Gasteiger partial charge is 0.278 e. The number of nitrogens with zero attached hydrogens (tertiary/aromatic N) is 3. The van der Waals surface area contributed by atoms with E-state index in [0.29, 0.717) is 27.1 Å². The lowest BCUT2D eigenvalue weighted by molar-refractivity contribution is 0.0988. The van der Waals surface area contributed by atoms with Crippen LogP contribution in [0.3, 0.4) is 0 Å². The van der Waals surface area contributed by atoms with Gasteiger partial charge in [0, 0.05) is 28.3 Å². The molecule has 1 heterocycles. The summed E-state index contributed by atoms with van der Waals surface area (Å²) in [6.45, 7) is 0. The molecule has 0 atom stereocenters. The Balaban J connectivity index is 1.80. The van der Waals surface area contributed by atoms with Crippen molar-refractivity contribution in [2.45, 2.75) is 4.90 Å². The zero-order chi connectivity index (χ0) is 23.8. The molecule has 0 saturated heterocycles. The summed E-state index contributed by atoms with van der Waals surface area (Å²) in [5, 5.41) is 10.8. The van der Waals surface area contributed by atoms with Crippen LogP contribution in [-0.4, -0.2) is 31.2 Å². The standard InChI is InChI=1S/C23H18Cl2N4O3S/c1-28(19-4-2-3-17(25)13-19)23(30)21-14-22(15-5-7-16(24)8-6-15)29(27-21)18-9-11-20(12-10-18)33(26,31)32/h2-14H,1H3,(H2,26,31,32). The Bertz CT molecular complexity index is 1430. The van der Waals surface area contributed by atoms with Gasteiger partial charge in [-0.05, 0) is 60.7 Å². The first kappa shape index (κ1) is 23.0. The number of hydrogen-bond donors (Lipinski definition) is 1. The molecule has 0 aliphatic carbocycles. The van der Waals surface area contributed by atoms with E-state index in [4.69, 9.17) is 28.3 Å². The van der Waals surface area contributed by atoms with Crippen LogP contribution < -0.4 is 10.0 Å². The first-order valence-corrected chi connectivity index (χ1v) is 12.0. The summed E-state index contributed by atoms with van der Waals surface area (Å²) in [5.74, 6) is -0.340. The predicted molar refractivity (Wildman–Crippen MR) is 130 cm³/mol. The fraction of sp³-hybridized carbons (Fsp3) is 0.0435. The number of anilines is 1. The highest BCUT2D eigenvalue weighted by Gasteiger charge is 2.21. The average molecular weight is 501 g/mol. The van der Waals surface area contributed by atoms with E-state index in [2.05, 4.69) is 5.10 Å². The molecular weight excluding hydrogens is 483 g/mol. The minimum atomic E-state index is -3.84. The number of aromatic nitrogens is 2. The molecule has 1 amide bonds. The van der Waals surface area contributed by atoms with E-state index in [9.17, 15) is 13.2 Å². The van der Waals surface area contributed by atoms with Crippen LogP contribution in [0.5, 0.6) is 0 Å². The molecule has 0 aliphatic heterocycles. The second-order valence-corrected chi connectivity index (χ2v) is 9.65. The molecule has 0 radical (unpaired) electrons. The van der Waals surface area contributed by atoms with E-state index in [1.54, 1.807) is 66.3 Å².